The molecule has 0 radical (unpaired) electrons. The fourth-order valence-corrected chi connectivity index (χ4v) is 1.47. The Hall–Kier alpha value is -2.08. The molecule has 1 unspecified atom stereocenters. The van der Waals surface area contributed by atoms with Crippen LogP contribution in [0.15, 0.2) is 24.5 Å². The number of aromatic nitrogens is 3. The van der Waals surface area contributed by atoms with Gasteiger partial charge in [-0.2, -0.15) is 5.10 Å². The van der Waals surface area contributed by atoms with Crippen LogP contribution < -0.4 is 5.32 Å². The molecule has 1 heterocycles. The van der Waals surface area contributed by atoms with Gasteiger partial charge in [0.1, 0.15) is 12.2 Å². The standard InChI is InChI=1S/C11H14N4O2/c1-7(11-13-6-14-15-11)12-5-8-2-3-9(16)10(17)4-8/h2-4,6-7,12,16-17H,5H2,1H3,(H,13,14,15). The Balaban J connectivity index is 1.96. The number of nitrogens with zero attached hydrogens (tertiary/aromatic N) is 2. The van der Waals surface area contributed by atoms with Crippen molar-refractivity contribution in [3.05, 3.63) is 35.9 Å². The van der Waals surface area contributed by atoms with Gasteiger partial charge in [0.05, 0.1) is 6.04 Å². The van der Waals surface area contributed by atoms with Crippen molar-refractivity contribution in [2.45, 2.75) is 19.5 Å². The number of rotatable bonds is 4. The predicted octanol–water partition coefficient (Wildman–Crippen LogP) is 1.07. The van der Waals surface area contributed by atoms with Crippen molar-refractivity contribution in [2.24, 2.45) is 0 Å². The molecule has 1 aromatic carbocycles. The molecule has 2 rings (SSSR count). The molecule has 0 fully saturated rings. The zero-order valence-electron chi connectivity index (χ0n) is 9.38. The Morgan fingerprint density at radius 2 is 2.18 bits per heavy atom. The van der Waals surface area contributed by atoms with Crippen molar-refractivity contribution in [3.8, 4) is 11.5 Å². The molecule has 1 atom stereocenters. The summed E-state index contributed by atoms with van der Waals surface area (Å²) in [4.78, 5) is 4.04. The van der Waals surface area contributed by atoms with E-state index in [1.807, 2.05) is 6.92 Å². The lowest BCUT2D eigenvalue weighted by Gasteiger charge is -2.11. The fraction of sp³-hybridized carbons (Fsp3) is 0.273. The summed E-state index contributed by atoms with van der Waals surface area (Å²) in [7, 11) is 0. The van der Waals surface area contributed by atoms with Crippen LogP contribution >= 0.6 is 0 Å². The van der Waals surface area contributed by atoms with Gasteiger partial charge in [0.2, 0.25) is 0 Å². The third-order valence-corrected chi connectivity index (χ3v) is 2.50. The van der Waals surface area contributed by atoms with E-state index >= 15 is 0 Å². The summed E-state index contributed by atoms with van der Waals surface area (Å²) in [5, 5.41) is 28.3. The van der Waals surface area contributed by atoms with Gasteiger partial charge in [-0.15, -0.1) is 0 Å². The Morgan fingerprint density at radius 1 is 1.35 bits per heavy atom. The number of phenols is 2. The van der Waals surface area contributed by atoms with Crippen LogP contribution in [0.3, 0.4) is 0 Å². The molecule has 1 aromatic heterocycles. The Kier molecular flexibility index (Phi) is 3.24. The van der Waals surface area contributed by atoms with Crippen molar-refractivity contribution >= 4 is 0 Å². The molecule has 0 aliphatic heterocycles. The molecule has 4 N–H and O–H groups in total. The maximum Gasteiger partial charge on any atom is 0.157 e. The van der Waals surface area contributed by atoms with Crippen LogP contribution in [-0.2, 0) is 6.54 Å². The molecule has 0 amide bonds. The minimum atomic E-state index is -0.114. The van der Waals surface area contributed by atoms with Crippen LogP contribution in [0.25, 0.3) is 0 Å². The summed E-state index contributed by atoms with van der Waals surface area (Å²) in [5.41, 5.74) is 0.881. The molecule has 17 heavy (non-hydrogen) atoms. The average molecular weight is 234 g/mol. The number of nitrogens with one attached hydrogen (secondary N) is 2. The molecule has 2 aromatic rings. The molecular formula is C11H14N4O2. The lowest BCUT2D eigenvalue weighted by atomic mass is 10.2. The third kappa shape index (κ3) is 2.73. The number of benzene rings is 1. The van der Waals surface area contributed by atoms with Gasteiger partial charge in [-0.05, 0) is 24.6 Å². The van der Waals surface area contributed by atoms with E-state index in [-0.39, 0.29) is 17.5 Å². The SMILES string of the molecule is CC(NCc1ccc(O)c(O)c1)c1ncn[nH]1. The third-order valence-electron chi connectivity index (χ3n) is 2.50. The highest BCUT2D eigenvalue weighted by Crippen LogP contribution is 2.24. The summed E-state index contributed by atoms with van der Waals surface area (Å²) in [6.07, 6.45) is 1.46. The van der Waals surface area contributed by atoms with E-state index in [1.54, 1.807) is 6.07 Å². The minimum absolute atomic E-state index is 0.0356. The number of hydrogen-bond acceptors (Lipinski definition) is 5. The molecule has 0 aliphatic rings. The summed E-state index contributed by atoms with van der Waals surface area (Å²) in [6, 6.07) is 4.77. The molecule has 90 valence electrons. The second-order valence-electron chi connectivity index (χ2n) is 3.80. The fourth-order valence-electron chi connectivity index (χ4n) is 1.47. The van der Waals surface area contributed by atoms with Crippen molar-refractivity contribution in [1.29, 1.82) is 0 Å². The van der Waals surface area contributed by atoms with Gasteiger partial charge < -0.3 is 15.5 Å². The van der Waals surface area contributed by atoms with Crippen LogP contribution in [0.4, 0.5) is 0 Å². The van der Waals surface area contributed by atoms with Gasteiger partial charge in [-0.1, -0.05) is 6.07 Å². The largest absolute Gasteiger partial charge is 0.504 e. The summed E-state index contributed by atoms with van der Waals surface area (Å²) < 4.78 is 0. The van der Waals surface area contributed by atoms with Crippen LogP contribution in [0.2, 0.25) is 0 Å². The van der Waals surface area contributed by atoms with Crippen LogP contribution in [0, 0.1) is 0 Å². The highest BCUT2D eigenvalue weighted by atomic mass is 16.3. The van der Waals surface area contributed by atoms with Gasteiger partial charge in [0.15, 0.2) is 11.5 Å². The van der Waals surface area contributed by atoms with Crippen LogP contribution in [0.5, 0.6) is 11.5 Å². The Bertz CT molecular complexity index is 484. The van der Waals surface area contributed by atoms with Crippen molar-refractivity contribution in [1.82, 2.24) is 20.5 Å². The zero-order valence-corrected chi connectivity index (χ0v) is 9.38. The minimum Gasteiger partial charge on any atom is -0.504 e. The van der Waals surface area contributed by atoms with Crippen LogP contribution in [0.1, 0.15) is 24.4 Å². The highest BCUT2D eigenvalue weighted by molar-refractivity contribution is 5.40. The second kappa shape index (κ2) is 4.84. The normalized spacial score (nSPS) is 12.5. The molecule has 0 spiro atoms. The molecule has 0 saturated heterocycles. The van der Waals surface area contributed by atoms with Gasteiger partial charge in [-0.3, -0.25) is 5.10 Å². The maximum absolute atomic E-state index is 9.34. The average Bonchev–Trinajstić information content (AvgIpc) is 2.84. The first-order chi connectivity index (χ1) is 8.16. The van der Waals surface area contributed by atoms with Crippen molar-refractivity contribution < 1.29 is 10.2 Å². The molecule has 0 bridgehead atoms. The Labute approximate surface area is 98.3 Å². The number of hydrogen-bond donors (Lipinski definition) is 4. The maximum atomic E-state index is 9.34. The monoisotopic (exact) mass is 234 g/mol. The Morgan fingerprint density at radius 3 is 2.82 bits per heavy atom. The quantitative estimate of drug-likeness (QED) is 0.594. The first kappa shape index (κ1) is 11.4. The van der Waals surface area contributed by atoms with E-state index in [1.165, 1.54) is 18.5 Å². The predicted molar refractivity (Wildman–Crippen MR) is 61.4 cm³/mol. The summed E-state index contributed by atoms with van der Waals surface area (Å²) in [5.74, 6) is 0.529. The van der Waals surface area contributed by atoms with Gasteiger partial charge in [0.25, 0.3) is 0 Å². The van der Waals surface area contributed by atoms with E-state index in [0.29, 0.717) is 6.54 Å². The number of aromatic hydroxyl groups is 2. The molecule has 6 heteroatoms. The van der Waals surface area contributed by atoms with E-state index < -0.39 is 0 Å². The van der Waals surface area contributed by atoms with Gasteiger partial charge in [0, 0.05) is 6.54 Å². The number of phenolic OH excluding ortho intramolecular Hbond substituents is 2. The van der Waals surface area contributed by atoms with Crippen molar-refractivity contribution in [3.63, 3.8) is 0 Å². The van der Waals surface area contributed by atoms with Gasteiger partial charge in [-0.25, -0.2) is 4.98 Å². The first-order valence-corrected chi connectivity index (χ1v) is 5.26. The number of aromatic amines is 1. The first-order valence-electron chi connectivity index (χ1n) is 5.26. The molecular weight excluding hydrogens is 220 g/mol. The van der Waals surface area contributed by atoms with E-state index in [9.17, 15) is 10.2 Å². The smallest absolute Gasteiger partial charge is 0.157 e. The summed E-state index contributed by atoms with van der Waals surface area (Å²) in [6.45, 7) is 2.52. The summed E-state index contributed by atoms with van der Waals surface area (Å²) >= 11 is 0. The highest BCUT2D eigenvalue weighted by Gasteiger charge is 2.08. The van der Waals surface area contributed by atoms with E-state index in [4.69, 9.17) is 0 Å². The second-order valence-corrected chi connectivity index (χ2v) is 3.80. The van der Waals surface area contributed by atoms with E-state index in [2.05, 4.69) is 20.5 Å². The lowest BCUT2D eigenvalue weighted by molar-refractivity contribution is 0.402. The van der Waals surface area contributed by atoms with Gasteiger partial charge >= 0.3 is 0 Å². The molecule has 6 nitrogen and oxygen atoms in total. The van der Waals surface area contributed by atoms with Crippen LogP contribution in [-0.4, -0.2) is 25.4 Å². The zero-order chi connectivity index (χ0) is 12.3. The van der Waals surface area contributed by atoms with Crippen molar-refractivity contribution in [2.75, 3.05) is 0 Å². The number of H-pyrrole nitrogens is 1. The molecule has 0 saturated carbocycles. The lowest BCUT2D eigenvalue weighted by Crippen LogP contribution is -2.19. The topological polar surface area (TPSA) is 94.1 Å². The molecule has 0 aliphatic carbocycles. The van der Waals surface area contributed by atoms with E-state index in [0.717, 1.165) is 11.4 Å².